The fourth-order valence-corrected chi connectivity index (χ4v) is 2.30. The third kappa shape index (κ3) is 2.03. The predicted octanol–water partition coefficient (Wildman–Crippen LogP) is 2.82. The highest BCUT2D eigenvalue weighted by Crippen LogP contribution is 2.35. The van der Waals surface area contributed by atoms with Crippen molar-refractivity contribution in [2.45, 2.75) is 26.4 Å². The maximum absolute atomic E-state index is 12.0. The topological polar surface area (TPSA) is 29.5 Å². The Morgan fingerprint density at radius 2 is 2.25 bits per heavy atom. The van der Waals surface area contributed by atoms with Gasteiger partial charge in [-0.2, -0.15) is 0 Å². The average molecular weight is 331 g/mol. The van der Waals surface area contributed by atoms with Crippen LogP contribution >= 0.6 is 22.6 Å². The molecule has 0 N–H and O–H groups in total. The van der Waals surface area contributed by atoms with Gasteiger partial charge in [-0.05, 0) is 54.1 Å². The number of amides is 1. The standard InChI is InChI=1S/C12H14INO2/c1-3-6-14-10-5-4-9(13)7-11(10)16-8(2)12(14)15/h4-5,7-8H,3,6H2,1-2H3. The lowest BCUT2D eigenvalue weighted by Gasteiger charge is -2.32. The minimum absolute atomic E-state index is 0.0514. The van der Waals surface area contributed by atoms with E-state index in [1.165, 1.54) is 0 Å². The Kier molecular flexibility index (Phi) is 3.37. The van der Waals surface area contributed by atoms with Gasteiger partial charge >= 0.3 is 0 Å². The van der Waals surface area contributed by atoms with Crippen molar-refractivity contribution in [2.24, 2.45) is 0 Å². The Balaban J connectivity index is 2.43. The zero-order chi connectivity index (χ0) is 11.7. The first kappa shape index (κ1) is 11.7. The van der Waals surface area contributed by atoms with Crippen LogP contribution in [0.15, 0.2) is 18.2 Å². The maximum Gasteiger partial charge on any atom is 0.267 e. The summed E-state index contributed by atoms with van der Waals surface area (Å²) in [6, 6.07) is 5.92. The van der Waals surface area contributed by atoms with Gasteiger partial charge in [0.25, 0.3) is 5.91 Å². The molecule has 1 aromatic carbocycles. The summed E-state index contributed by atoms with van der Waals surface area (Å²) >= 11 is 2.24. The van der Waals surface area contributed by atoms with Crippen LogP contribution in [0.25, 0.3) is 0 Å². The highest BCUT2D eigenvalue weighted by Gasteiger charge is 2.30. The number of hydrogen-bond acceptors (Lipinski definition) is 2. The maximum atomic E-state index is 12.0. The van der Waals surface area contributed by atoms with Gasteiger partial charge in [-0.1, -0.05) is 6.92 Å². The molecule has 3 nitrogen and oxygen atoms in total. The molecule has 1 aliphatic heterocycles. The Morgan fingerprint density at radius 1 is 1.50 bits per heavy atom. The molecule has 2 rings (SSSR count). The van der Waals surface area contributed by atoms with Gasteiger partial charge in [0.2, 0.25) is 0 Å². The van der Waals surface area contributed by atoms with Crippen LogP contribution in [0, 0.1) is 3.57 Å². The second kappa shape index (κ2) is 4.61. The van der Waals surface area contributed by atoms with Crippen molar-refractivity contribution in [1.82, 2.24) is 0 Å². The third-order valence-corrected chi connectivity index (χ3v) is 3.25. The Labute approximate surface area is 109 Å². The highest BCUT2D eigenvalue weighted by atomic mass is 127. The minimum Gasteiger partial charge on any atom is -0.479 e. The number of benzene rings is 1. The number of carbonyl (C=O) groups excluding carboxylic acids is 1. The van der Waals surface area contributed by atoms with Gasteiger partial charge in [-0.25, -0.2) is 0 Å². The molecule has 1 aliphatic rings. The number of nitrogens with zero attached hydrogens (tertiary/aromatic N) is 1. The van der Waals surface area contributed by atoms with Crippen LogP contribution in [-0.2, 0) is 4.79 Å². The summed E-state index contributed by atoms with van der Waals surface area (Å²) < 4.78 is 6.73. The second-order valence-electron chi connectivity index (χ2n) is 3.86. The normalized spacial score (nSPS) is 19.3. The zero-order valence-corrected chi connectivity index (χ0v) is 11.5. The number of rotatable bonds is 2. The number of anilines is 1. The quantitative estimate of drug-likeness (QED) is 0.780. The molecule has 1 heterocycles. The summed E-state index contributed by atoms with van der Waals surface area (Å²) in [5.74, 6) is 0.864. The molecule has 86 valence electrons. The first-order valence-electron chi connectivity index (χ1n) is 5.41. The van der Waals surface area contributed by atoms with Crippen LogP contribution in [0.2, 0.25) is 0 Å². The van der Waals surface area contributed by atoms with Gasteiger partial charge in [0.05, 0.1) is 5.69 Å². The molecule has 1 unspecified atom stereocenters. The minimum atomic E-state index is -0.378. The Bertz CT molecular complexity index is 419. The van der Waals surface area contributed by atoms with Crippen LogP contribution in [0.4, 0.5) is 5.69 Å². The number of carbonyl (C=O) groups is 1. The molecule has 0 spiro atoms. The van der Waals surface area contributed by atoms with Crippen molar-refractivity contribution >= 4 is 34.2 Å². The predicted molar refractivity (Wildman–Crippen MR) is 71.9 cm³/mol. The van der Waals surface area contributed by atoms with Crippen molar-refractivity contribution in [3.63, 3.8) is 0 Å². The van der Waals surface area contributed by atoms with E-state index < -0.39 is 0 Å². The van der Waals surface area contributed by atoms with Crippen LogP contribution in [0.1, 0.15) is 20.3 Å². The number of ether oxygens (including phenoxy) is 1. The SMILES string of the molecule is CCCN1C(=O)C(C)Oc2cc(I)ccc21. The van der Waals surface area contributed by atoms with E-state index >= 15 is 0 Å². The van der Waals surface area contributed by atoms with Crippen LogP contribution in [-0.4, -0.2) is 18.6 Å². The first-order chi connectivity index (χ1) is 7.63. The first-order valence-corrected chi connectivity index (χ1v) is 6.49. The molecule has 0 fully saturated rings. The molecule has 0 aromatic heterocycles. The van der Waals surface area contributed by atoms with Crippen molar-refractivity contribution in [3.05, 3.63) is 21.8 Å². The summed E-state index contributed by atoms with van der Waals surface area (Å²) in [6.07, 6.45) is 0.571. The number of hydrogen-bond donors (Lipinski definition) is 0. The lowest BCUT2D eigenvalue weighted by Crippen LogP contribution is -2.44. The smallest absolute Gasteiger partial charge is 0.267 e. The van der Waals surface area contributed by atoms with Crippen molar-refractivity contribution in [3.8, 4) is 5.75 Å². The van der Waals surface area contributed by atoms with Crippen LogP contribution in [0.5, 0.6) is 5.75 Å². The molecular weight excluding hydrogens is 317 g/mol. The van der Waals surface area contributed by atoms with E-state index in [9.17, 15) is 4.79 Å². The molecule has 0 aliphatic carbocycles. The van der Waals surface area contributed by atoms with E-state index in [1.807, 2.05) is 23.1 Å². The molecule has 0 saturated heterocycles. The summed E-state index contributed by atoms with van der Waals surface area (Å²) in [7, 11) is 0. The van der Waals surface area contributed by atoms with E-state index in [2.05, 4.69) is 29.5 Å². The molecule has 0 radical (unpaired) electrons. The molecular formula is C12H14INO2. The fraction of sp³-hybridized carbons (Fsp3) is 0.417. The van der Waals surface area contributed by atoms with Gasteiger partial charge in [0.1, 0.15) is 5.75 Å². The van der Waals surface area contributed by atoms with Crippen molar-refractivity contribution in [2.75, 3.05) is 11.4 Å². The highest BCUT2D eigenvalue weighted by molar-refractivity contribution is 14.1. The Morgan fingerprint density at radius 3 is 2.94 bits per heavy atom. The van der Waals surface area contributed by atoms with Gasteiger partial charge in [0, 0.05) is 10.1 Å². The molecule has 0 bridgehead atoms. The monoisotopic (exact) mass is 331 g/mol. The van der Waals surface area contributed by atoms with Gasteiger partial charge in [-0.15, -0.1) is 0 Å². The number of fused-ring (bicyclic) bond motifs is 1. The van der Waals surface area contributed by atoms with Gasteiger partial charge in [0.15, 0.2) is 6.10 Å². The van der Waals surface area contributed by atoms with E-state index in [1.54, 1.807) is 6.92 Å². The summed E-state index contributed by atoms with van der Waals surface area (Å²) in [4.78, 5) is 13.8. The molecule has 1 aromatic rings. The number of halogens is 1. The largest absolute Gasteiger partial charge is 0.479 e. The van der Waals surface area contributed by atoms with E-state index in [0.717, 1.165) is 28.0 Å². The average Bonchev–Trinajstić information content (AvgIpc) is 2.24. The lowest BCUT2D eigenvalue weighted by molar-refractivity contribution is -0.125. The summed E-state index contributed by atoms with van der Waals surface area (Å²) in [6.45, 7) is 4.62. The molecule has 1 amide bonds. The van der Waals surface area contributed by atoms with Crippen molar-refractivity contribution in [1.29, 1.82) is 0 Å². The lowest BCUT2D eigenvalue weighted by atomic mass is 10.2. The van der Waals surface area contributed by atoms with Gasteiger partial charge < -0.3 is 9.64 Å². The fourth-order valence-electron chi connectivity index (χ4n) is 1.84. The zero-order valence-electron chi connectivity index (χ0n) is 9.37. The molecule has 1 atom stereocenters. The molecule has 0 saturated carbocycles. The van der Waals surface area contributed by atoms with E-state index in [4.69, 9.17) is 4.74 Å². The molecule has 16 heavy (non-hydrogen) atoms. The van der Waals surface area contributed by atoms with Crippen molar-refractivity contribution < 1.29 is 9.53 Å². The molecule has 4 heteroatoms. The van der Waals surface area contributed by atoms with Gasteiger partial charge in [-0.3, -0.25) is 4.79 Å². The summed E-state index contributed by atoms with van der Waals surface area (Å²) in [5.41, 5.74) is 0.894. The Hall–Kier alpha value is -0.780. The van der Waals surface area contributed by atoms with Crippen LogP contribution in [0.3, 0.4) is 0 Å². The van der Waals surface area contributed by atoms with Crippen LogP contribution < -0.4 is 9.64 Å². The summed E-state index contributed by atoms with van der Waals surface area (Å²) in [5, 5.41) is 0. The van der Waals surface area contributed by atoms with E-state index in [0.29, 0.717) is 0 Å². The van der Waals surface area contributed by atoms with E-state index in [-0.39, 0.29) is 12.0 Å². The second-order valence-corrected chi connectivity index (χ2v) is 5.11. The third-order valence-electron chi connectivity index (χ3n) is 2.58.